The molecular weight excluding hydrogens is 356 g/mol. The Hall–Kier alpha value is -2.47. The number of nitrogens with zero attached hydrogens (tertiary/aromatic N) is 4. The lowest BCUT2D eigenvalue weighted by atomic mass is 10.0. The van der Waals surface area contributed by atoms with Crippen LogP contribution in [0, 0.1) is 13.8 Å². The van der Waals surface area contributed by atoms with E-state index in [9.17, 15) is 4.79 Å². The first-order chi connectivity index (χ1) is 13.0. The molecule has 0 saturated carbocycles. The average Bonchev–Trinajstić information content (AvgIpc) is 3.32. The number of hydrogen-bond donors (Lipinski definition) is 0. The maximum absolute atomic E-state index is 12.9. The Morgan fingerprint density at radius 3 is 2.81 bits per heavy atom. The molecule has 1 aliphatic carbocycles. The second-order valence-electron chi connectivity index (χ2n) is 7.05. The van der Waals surface area contributed by atoms with E-state index in [1.807, 2.05) is 25.1 Å². The second-order valence-corrected chi connectivity index (χ2v) is 8.36. The lowest BCUT2D eigenvalue weighted by Crippen LogP contribution is -2.15. The summed E-state index contributed by atoms with van der Waals surface area (Å²) in [4.78, 5) is 12.9. The van der Waals surface area contributed by atoms with Crippen molar-refractivity contribution in [3.8, 4) is 5.69 Å². The van der Waals surface area contributed by atoms with Crippen molar-refractivity contribution >= 4 is 17.5 Å². The molecule has 3 aromatic rings. The van der Waals surface area contributed by atoms with Crippen molar-refractivity contribution < 1.29 is 4.79 Å². The molecule has 0 radical (unpaired) electrons. The quantitative estimate of drug-likeness (QED) is 0.493. The van der Waals surface area contributed by atoms with Gasteiger partial charge in [0.2, 0.25) is 5.16 Å². The molecule has 6 heteroatoms. The van der Waals surface area contributed by atoms with E-state index < -0.39 is 0 Å². The van der Waals surface area contributed by atoms with Crippen LogP contribution in [0.3, 0.4) is 0 Å². The highest BCUT2D eigenvalue weighted by Crippen LogP contribution is 2.29. The highest BCUT2D eigenvalue weighted by atomic mass is 32.2. The summed E-state index contributed by atoms with van der Waals surface area (Å²) in [5.41, 5.74) is 6.73. The molecule has 5 nitrogen and oxygen atoms in total. The van der Waals surface area contributed by atoms with E-state index in [4.69, 9.17) is 0 Å². The van der Waals surface area contributed by atoms with Crippen LogP contribution in [-0.4, -0.2) is 31.2 Å². The third-order valence-electron chi connectivity index (χ3n) is 5.28. The van der Waals surface area contributed by atoms with Gasteiger partial charge >= 0.3 is 0 Å². The first-order valence-electron chi connectivity index (χ1n) is 9.22. The molecule has 0 N–H and O–H groups in total. The number of fused-ring (bicyclic) bond motifs is 1. The highest BCUT2D eigenvalue weighted by Gasteiger charge is 2.22. The standard InChI is InChI=1S/C21H22N4OS/c1-13-6-4-9-19(14(13)2)25-21(22-23-24-25)27-15(3)20(26)18-11-10-16-7-5-8-17(16)12-18/h4,6,9-12,15H,5,7-8H2,1-3H3. The first kappa shape index (κ1) is 17.9. The fraction of sp³-hybridized carbons (Fsp3) is 0.333. The average molecular weight is 379 g/mol. The van der Waals surface area contributed by atoms with E-state index in [0.29, 0.717) is 5.16 Å². The Morgan fingerprint density at radius 1 is 1.15 bits per heavy atom. The Balaban J connectivity index is 1.57. The zero-order chi connectivity index (χ0) is 19.0. The number of rotatable bonds is 5. The van der Waals surface area contributed by atoms with Crippen molar-refractivity contribution in [2.24, 2.45) is 0 Å². The van der Waals surface area contributed by atoms with Crippen molar-refractivity contribution in [1.82, 2.24) is 20.2 Å². The molecule has 1 unspecified atom stereocenters. The Kier molecular flexibility index (Phi) is 4.83. The Bertz CT molecular complexity index is 1010. The molecule has 138 valence electrons. The molecular formula is C21H22N4OS. The topological polar surface area (TPSA) is 60.7 Å². The molecule has 0 bridgehead atoms. The number of benzene rings is 2. The summed E-state index contributed by atoms with van der Waals surface area (Å²) in [5.74, 6) is 0.116. The van der Waals surface area contributed by atoms with E-state index in [-0.39, 0.29) is 11.0 Å². The van der Waals surface area contributed by atoms with Crippen molar-refractivity contribution in [1.29, 1.82) is 0 Å². The number of hydrogen-bond acceptors (Lipinski definition) is 5. The molecule has 1 aromatic heterocycles. The number of carbonyl (C=O) groups excluding carboxylic acids is 1. The maximum atomic E-state index is 12.9. The fourth-order valence-corrected chi connectivity index (χ4v) is 4.42. The van der Waals surface area contributed by atoms with Crippen LogP contribution in [0.5, 0.6) is 0 Å². The summed E-state index contributed by atoms with van der Waals surface area (Å²) < 4.78 is 1.72. The molecule has 2 aromatic carbocycles. The van der Waals surface area contributed by atoms with Gasteiger partial charge in [0.15, 0.2) is 5.78 Å². The number of aromatic nitrogens is 4. The summed E-state index contributed by atoms with van der Waals surface area (Å²) in [6.07, 6.45) is 3.38. The number of tetrazole rings is 1. The Labute approximate surface area is 163 Å². The van der Waals surface area contributed by atoms with Crippen LogP contribution in [-0.2, 0) is 12.8 Å². The van der Waals surface area contributed by atoms with Gasteiger partial charge in [0.05, 0.1) is 10.9 Å². The minimum atomic E-state index is -0.265. The molecule has 1 heterocycles. The molecule has 4 rings (SSSR count). The maximum Gasteiger partial charge on any atom is 0.214 e. The summed E-state index contributed by atoms with van der Waals surface area (Å²) >= 11 is 1.40. The fourth-order valence-electron chi connectivity index (χ4n) is 3.54. The number of Topliss-reactive ketones (excluding diaryl/α,β-unsaturated/α-hetero) is 1. The monoisotopic (exact) mass is 378 g/mol. The zero-order valence-electron chi connectivity index (χ0n) is 15.8. The van der Waals surface area contributed by atoms with E-state index in [2.05, 4.69) is 47.6 Å². The predicted molar refractivity (Wildman–Crippen MR) is 107 cm³/mol. The van der Waals surface area contributed by atoms with Gasteiger partial charge in [-0.2, -0.15) is 4.68 Å². The van der Waals surface area contributed by atoms with Gasteiger partial charge in [0.25, 0.3) is 0 Å². The van der Waals surface area contributed by atoms with Crippen molar-refractivity contribution in [3.05, 3.63) is 64.2 Å². The minimum absolute atomic E-state index is 0.116. The second kappa shape index (κ2) is 7.27. The van der Waals surface area contributed by atoms with Gasteiger partial charge in [-0.3, -0.25) is 4.79 Å². The van der Waals surface area contributed by atoms with E-state index in [0.717, 1.165) is 29.7 Å². The van der Waals surface area contributed by atoms with Crippen LogP contribution in [0.4, 0.5) is 0 Å². The van der Waals surface area contributed by atoms with Gasteiger partial charge < -0.3 is 0 Å². The van der Waals surface area contributed by atoms with Crippen LogP contribution in [0.25, 0.3) is 5.69 Å². The number of ketones is 1. The van der Waals surface area contributed by atoms with Crippen molar-refractivity contribution in [3.63, 3.8) is 0 Å². The number of thioether (sulfide) groups is 1. The number of aryl methyl sites for hydroxylation is 3. The van der Waals surface area contributed by atoms with E-state index in [1.54, 1.807) is 4.68 Å². The van der Waals surface area contributed by atoms with Crippen LogP contribution < -0.4 is 0 Å². The Morgan fingerprint density at radius 2 is 1.96 bits per heavy atom. The van der Waals surface area contributed by atoms with E-state index >= 15 is 0 Å². The first-order valence-corrected chi connectivity index (χ1v) is 10.1. The smallest absolute Gasteiger partial charge is 0.214 e. The van der Waals surface area contributed by atoms with Crippen LogP contribution in [0.15, 0.2) is 41.6 Å². The van der Waals surface area contributed by atoms with Gasteiger partial charge in [-0.1, -0.05) is 36.0 Å². The van der Waals surface area contributed by atoms with Gasteiger partial charge in [-0.15, -0.1) is 5.10 Å². The normalized spacial score (nSPS) is 14.2. The highest BCUT2D eigenvalue weighted by molar-refractivity contribution is 8.00. The molecule has 0 aliphatic heterocycles. The molecule has 0 saturated heterocycles. The summed E-state index contributed by atoms with van der Waals surface area (Å²) in [5, 5.41) is 12.5. The predicted octanol–water partition coefficient (Wildman–Crippen LogP) is 4.13. The molecule has 27 heavy (non-hydrogen) atoms. The van der Waals surface area contributed by atoms with Gasteiger partial charge in [0.1, 0.15) is 0 Å². The zero-order valence-corrected chi connectivity index (χ0v) is 16.6. The largest absolute Gasteiger partial charge is 0.293 e. The summed E-state index contributed by atoms with van der Waals surface area (Å²) in [6, 6.07) is 12.2. The SMILES string of the molecule is Cc1cccc(-n2nnnc2SC(C)C(=O)c2ccc3c(c2)CCC3)c1C. The summed E-state index contributed by atoms with van der Waals surface area (Å²) in [6.45, 7) is 6.04. The van der Waals surface area contributed by atoms with Gasteiger partial charge in [-0.05, 0) is 84.8 Å². The van der Waals surface area contributed by atoms with Gasteiger partial charge in [-0.25, -0.2) is 0 Å². The molecule has 1 aliphatic rings. The van der Waals surface area contributed by atoms with Crippen molar-refractivity contribution in [2.45, 2.75) is 50.4 Å². The van der Waals surface area contributed by atoms with E-state index in [1.165, 1.54) is 34.9 Å². The van der Waals surface area contributed by atoms with Crippen molar-refractivity contribution in [2.75, 3.05) is 0 Å². The third-order valence-corrected chi connectivity index (χ3v) is 6.31. The number of carbonyl (C=O) groups is 1. The minimum Gasteiger partial charge on any atom is -0.293 e. The molecule has 0 amide bonds. The van der Waals surface area contributed by atoms with Gasteiger partial charge in [0, 0.05) is 5.56 Å². The van der Waals surface area contributed by atoms with Crippen LogP contribution in [0.2, 0.25) is 0 Å². The molecule has 1 atom stereocenters. The van der Waals surface area contributed by atoms with Crippen LogP contribution >= 0.6 is 11.8 Å². The van der Waals surface area contributed by atoms with Crippen LogP contribution in [0.1, 0.15) is 46.0 Å². The lowest BCUT2D eigenvalue weighted by molar-refractivity contribution is 0.0993. The lowest BCUT2D eigenvalue weighted by Gasteiger charge is -2.13. The summed E-state index contributed by atoms with van der Waals surface area (Å²) in [7, 11) is 0. The molecule has 0 spiro atoms. The molecule has 0 fully saturated rings. The third kappa shape index (κ3) is 3.41.